The van der Waals surface area contributed by atoms with Crippen LogP contribution in [0.15, 0.2) is 97.1 Å². The van der Waals surface area contributed by atoms with Crippen molar-refractivity contribution < 1.29 is 17.6 Å². The van der Waals surface area contributed by atoms with Gasteiger partial charge in [-0.15, -0.1) is 11.1 Å². The van der Waals surface area contributed by atoms with E-state index >= 15 is 8.78 Å². The van der Waals surface area contributed by atoms with Gasteiger partial charge in [-0.2, -0.15) is 15.4 Å². The smallest absolute Gasteiger partial charge is 0.200 e. The first kappa shape index (κ1) is 28.5. The van der Waals surface area contributed by atoms with Crippen molar-refractivity contribution in [3.05, 3.63) is 145 Å². The normalized spacial score (nSPS) is 20.8. The molecule has 0 amide bonds. The van der Waals surface area contributed by atoms with Crippen LogP contribution in [-0.4, -0.2) is 10.5 Å². The fourth-order valence-electron chi connectivity index (χ4n) is 6.86. The molecule has 0 radical (unpaired) electrons. The van der Waals surface area contributed by atoms with Crippen LogP contribution >= 0.6 is 14.8 Å². The molecule has 7 heteroatoms. The fraction of sp³-hybridized carbons (Fsp3) is 0.235. The third-order valence-electron chi connectivity index (χ3n) is 8.95. The van der Waals surface area contributed by atoms with E-state index in [2.05, 4.69) is 35.4 Å². The van der Waals surface area contributed by atoms with Gasteiger partial charge in [0.1, 0.15) is 10.6 Å². The van der Waals surface area contributed by atoms with Crippen molar-refractivity contribution in [3.8, 4) is 0 Å². The Labute approximate surface area is 241 Å². The Morgan fingerprint density at radius 2 is 1.05 bits per heavy atom. The Kier molecular flexibility index (Phi) is 7.83. The molecule has 0 aromatic heterocycles. The minimum absolute atomic E-state index is 0.00227. The zero-order chi connectivity index (χ0) is 28.8. The molecule has 1 saturated heterocycles. The first-order valence-corrected chi connectivity index (χ1v) is 18.0. The molecule has 4 aromatic carbocycles. The Balaban J connectivity index is 1.68. The summed E-state index contributed by atoms with van der Waals surface area (Å²) in [5, 5.41) is 0.00453. The van der Waals surface area contributed by atoms with Crippen molar-refractivity contribution in [2.24, 2.45) is 0 Å². The summed E-state index contributed by atoms with van der Waals surface area (Å²) in [5.41, 5.74) is 2.27. The van der Waals surface area contributed by atoms with Gasteiger partial charge in [-0.1, -0.05) is 72.8 Å². The predicted octanol–water partition coefficient (Wildman–Crippen LogP) is 9.77. The standard InChI is InChI=1S/C34H33F4NP2/c1-40(29(24-12-5-3-6-13-24)22-23-30(40)25-14-7-4-8-15-25)39(26-16-9-17-26)41(2,31-20-10-18-27(35)33(31)37)32-21-11-19-28(36)34(32)38/h3-8,10-15,18-21,26,29-30H,1-2,9,16-17,22-23H2/t29-,30-/m0/s1. The van der Waals surface area contributed by atoms with E-state index in [0.717, 1.165) is 55.4 Å². The number of benzene rings is 4. The van der Waals surface area contributed by atoms with E-state index in [4.69, 9.17) is 6.66 Å². The van der Waals surface area contributed by atoms with Crippen molar-refractivity contribution in [1.29, 1.82) is 0 Å². The van der Waals surface area contributed by atoms with E-state index in [0.29, 0.717) is 0 Å². The van der Waals surface area contributed by atoms with Crippen LogP contribution in [0.2, 0.25) is 0 Å². The summed E-state index contributed by atoms with van der Waals surface area (Å²) in [6, 6.07) is 28.3. The quantitative estimate of drug-likeness (QED) is 0.117. The molecule has 2 fully saturated rings. The topological polar surface area (TPSA) is 3.24 Å². The molecule has 1 aliphatic heterocycles. The van der Waals surface area contributed by atoms with Crippen LogP contribution in [0.3, 0.4) is 0 Å². The molecule has 41 heavy (non-hydrogen) atoms. The molecule has 0 bridgehead atoms. The molecule has 2 atom stereocenters. The third kappa shape index (κ3) is 4.66. The predicted molar refractivity (Wildman–Crippen MR) is 164 cm³/mol. The Morgan fingerprint density at radius 3 is 1.44 bits per heavy atom. The largest absolute Gasteiger partial charge is 0.204 e. The van der Waals surface area contributed by atoms with E-state index in [1.807, 2.05) is 36.4 Å². The average molecular weight is 594 g/mol. The van der Waals surface area contributed by atoms with Crippen molar-refractivity contribution in [1.82, 2.24) is 4.44 Å². The first-order valence-electron chi connectivity index (χ1n) is 14.0. The van der Waals surface area contributed by atoms with Crippen molar-refractivity contribution >= 4 is 25.4 Å². The molecule has 1 aliphatic carbocycles. The molecule has 1 heterocycles. The Morgan fingerprint density at radius 1 is 0.610 bits per heavy atom. The van der Waals surface area contributed by atoms with Crippen molar-refractivity contribution in [2.45, 2.75) is 49.5 Å². The summed E-state index contributed by atoms with van der Waals surface area (Å²) < 4.78 is 64.1. The lowest BCUT2D eigenvalue weighted by atomic mass is 9.94. The number of hydrogen-bond acceptors (Lipinski definition) is 1. The molecule has 6 rings (SSSR count). The van der Waals surface area contributed by atoms with E-state index in [1.54, 1.807) is 0 Å². The van der Waals surface area contributed by atoms with Gasteiger partial charge in [0.25, 0.3) is 0 Å². The zero-order valence-electron chi connectivity index (χ0n) is 22.8. The van der Waals surface area contributed by atoms with Gasteiger partial charge in [-0.05, 0) is 67.5 Å². The second-order valence-electron chi connectivity index (χ2n) is 11.1. The van der Waals surface area contributed by atoms with Crippen LogP contribution < -0.4 is 10.6 Å². The maximum absolute atomic E-state index is 16.0. The minimum atomic E-state index is -3.52. The Bertz CT molecular complexity index is 1430. The lowest BCUT2D eigenvalue weighted by Crippen LogP contribution is -2.46. The molecule has 212 valence electrons. The van der Waals surface area contributed by atoms with Gasteiger partial charge in [0.05, 0.1) is 24.8 Å². The molecule has 0 spiro atoms. The Hall–Kier alpha value is -2.58. The number of nitrogens with zero attached hydrogens (tertiary/aromatic N) is 1. The molecule has 4 aromatic rings. The van der Waals surface area contributed by atoms with Crippen LogP contribution in [0.25, 0.3) is 0 Å². The van der Waals surface area contributed by atoms with E-state index in [-0.39, 0.29) is 28.0 Å². The van der Waals surface area contributed by atoms with Crippen LogP contribution in [0.1, 0.15) is 54.5 Å². The summed E-state index contributed by atoms with van der Waals surface area (Å²) in [7, 11) is -6.17. The molecular weight excluding hydrogens is 560 g/mol. The zero-order valence-corrected chi connectivity index (χ0v) is 24.6. The maximum atomic E-state index is 16.0. The van der Waals surface area contributed by atoms with E-state index in [9.17, 15) is 8.78 Å². The van der Waals surface area contributed by atoms with Crippen LogP contribution in [-0.2, 0) is 0 Å². The SMILES string of the molecule is [CH2-][P+](c1cccc(F)c1F)(c1cccc(F)c1F)N(C1CCC1)[P+]1([CH2-])[C@H](c2ccccc2)CC[C@H]1c1ccccc1. The van der Waals surface area contributed by atoms with E-state index in [1.165, 1.54) is 24.3 Å². The highest BCUT2D eigenvalue weighted by molar-refractivity contribution is 7.97. The number of halogens is 4. The van der Waals surface area contributed by atoms with Crippen molar-refractivity contribution in [2.75, 3.05) is 0 Å². The monoisotopic (exact) mass is 593 g/mol. The summed E-state index contributed by atoms with van der Waals surface area (Å²) in [6.07, 6.45) is 4.28. The average Bonchev–Trinajstić information content (AvgIpc) is 3.31. The van der Waals surface area contributed by atoms with Gasteiger partial charge in [0.2, 0.25) is 0 Å². The highest BCUT2D eigenvalue weighted by Gasteiger charge is 2.64. The van der Waals surface area contributed by atoms with Gasteiger partial charge >= 0.3 is 0 Å². The van der Waals surface area contributed by atoms with Gasteiger partial charge in [-0.3, -0.25) is 0 Å². The maximum Gasteiger partial charge on any atom is 0.200 e. The molecule has 2 aliphatic rings. The van der Waals surface area contributed by atoms with Gasteiger partial charge < -0.3 is 0 Å². The molecule has 1 saturated carbocycles. The van der Waals surface area contributed by atoms with Crippen LogP contribution in [0, 0.1) is 36.6 Å². The summed E-state index contributed by atoms with van der Waals surface area (Å²) in [6.45, 7) is 9.78. The van der Waals surface area contributed by atoms with Gasteiger partial charge in [0.15, 0.2) is 23.3 Å². The van der Waals surface area contributed by atoms with Crippen molar-refractivity contribution in [3.63, 3.8) is 0 Å². The van der Waals surface area contributed by atoms with Gasteiger partial charge in [0, 0.05) is 7.41 Å². The lowest BCUT2D eigenvalue weighted by Gasteiger charge is -2.55. The highest BCUT2D eigenvalue weighted by Crippen LogP contribution is 2.92. The first-order chi connectivity index (χ1) is 19.8. The highest BCUT2D eigenvalue weighted by atomic mass is 31.2. The number of hydrogen-bond donors (Lipinski definition) is 0. The second kappa shape index (κ2) is 11.3. The molecule has 0 N–H and O–H groups in total. The molecular formula is C34H33F4NP2. The summed E-state index contributed by atoms with van der Waals surface area (Å²) in [4.78, 5) is 0. The summed E-state index contributed by atoms with van der Waals surface area (Å²) in [5.74, 6) is -4.16. The van der Waals surface area contributed by atoms with Gasteiger partial charge in [-0.25, -0.2) is 8.78 Å². The molecule has 1 nitrogen and oxygen atoms in total. The van der Waals surface area contributed by atoms with Crippen LogP contribution in [0.5, 0.6) is 0 Å². The van der Waals surface area contributed by atoms with E-state index < -0.39 is 38.1 Å². The number of rotatable bonds is 7. The third-order valence-corrected chi connectivity index (χ3v) is 18.5. The van der Waals surface area contributed by atoms with Crippen LogP contribution in [0.4, 0.5) is 17.6 Å². The second-order valence-corrected chi connectivity index (χ2v) is 17.8. The summed E-state index contributed by atoms with van der Waals surface area (Å²) >= 11 is 0. The molecule has 0 unspecified atom stereocenters. The minimum Gasteiger partial charge on any atom is -0.204 e. The lowest BCUT2D eigenvalue weighted by molar-refractivity contribution is 0.309. The fourth-order valence-corrected chi connectivity index (χ4v) is 17.9.